The molecule has 1 amide bonds. The number of thiazole rings is 1. The molecular weight excluding hydrogens is 351 g/mol. The van der Waals surface area contributed by atoms with Crippen molar-refractivity contribution in [3.8, 4) is 0 Å². The molecule has 1 aromatic carbocycles. The maximum atomic E-state index is 12.8. The van der Waals surface area contributed by atoms with Crippen molar-refractivity contribution in [1.29, 1.82) is 0 Å². The van der Waals surface area contributed by atoms with Gasteiger partial charge in [-0.05, 0) is 31.2 Å². The molecule has 2 aromatic rings. The van der Waals surface area contributed by atoms with Gasteiger partial charge in [0.05, 0.1) is 18.7 Å². The Labute approximate surface area is 147 Å². The molecule has 8 heteroatoms. The van der Waals surface area contributed by atoms with Crippen LogP contribution in [0.3, 0.4) is 0 Å². The normalized spacial score (nSPS) is 10.4. The summed E-state index contributed by atoms with van der Waals surface area (Å²) in [6.07, 6.45) is 0.412. The third-order valence-electron chi connectivity index (χ3n) is 2.84. The Morgan fingerprint density at radius 1 is 1.33 bits per heavy atom. The van der Waals surface area contributed by atoms with Crippen molar-refractivity contribution in [3.05, 3.63) is 41.2 Å². The van der Waals surface area contributed by atoms with Crippen LogP contribution in [0.25, 0.3) is 0 Å². The summed E-state index contributed by atoms with van der Waals surface area (Å²) in [5.41, 5.74) is 0.578. The van der Waals surface area contributed by atoms with Crippen molar-refractivity contribution >= 4 is 40.1 Å². The van der Waals surface area contributed by atoms with E-state index in [1.165, 1.54) is 35.2 Å². The molecule has 24 heavy (non-hydrogen) atoms. The van der Waals surface area contributed by atoms with Crippen molar-refractivity contribution in [2.75, 3.05) is 17.7 Å². The minimum Gasteiger partial charge on any atom is -0.466 e. The molecule has 0 aliphatic rings. The minimum atomic E-state index is -0.337. The van der Waals surface area contributed by atoms with Crippen LogP contribution in [-0.2, 0) is 20.7 Å². The SMILES string of the molecule is CCOC(=O)Cc1csc(NC(=O)CCSc2ccc(F)cc2)n1. The fraction of sp³-hybridized carbons (Fsp3) is 0.312. The zero-order valence-corrected chi connectivity index (χ0v) is 14.7. The van der Waals surface area contributed by atoms with Crippen LogP contribution in [0.4, 0.5) is 9.52 Å². The van der Waals surface area contributed by atoms with Crippen LogP contribution in [0.5, 0.6) is 0 Å². The quantitative estimate of drug-likeness (QED) is 0.570. The first kappa shape index (κ1) is 18.4. The molecule has 0 fully saturated rings. The van der Waals surface area contributed by atoms with E-state index >= 15 is 0 Å². The number of rotatable bonds is 8. The minimum absolute atomic E-state index is 0.0978. The molecule has 1 heterocycles. The van der Waals surface area contributed by atoms with Gasteiger partial charge in [-0.25, -0.2) is 9.37 Å². The Kier molecular flexibility index (Phi) is 7.20. The summed E-state index contributed by atoms with van der Waals surface area (Å²) in [6, 6.07) is 6.15. The molecular formula is C16H17FN2O3S2. The maximum absolute atomic E-state index is 12.8. The van der Waals surface area contributed by atoms with Gasteiger partial charge in [0, 0.05) is 22.4 Å². The number of benzene rings is 1. The molecule has 0 unspecified atom stereocenters. The number of hydrogen-bond donors (Lipinski definition) is 1. The summed E-state index contributed by atoms with van der Waals surface area (Å²) in [4.78, 5) is 28.3. The van der Waals surface area contributed by atoms with E-state index < -0.39 is 0 Å². The number of thioether (sulfide) groups is 1. The number of carbonyl (C=O) groups is 2. The van der Waals surface area contributed by atoms with E-state index in [0.717, 1.165) is 4.90 Å². The highest BCUT2D eigenvalue weighted by molar-refractivity contribution is 7.99. The number of esters is 1. The third-order valence-corrected chi connectivity index (χ3v) is 4.66. The van der Waals surface area contributed by atoms with E-state index in [9.17, 15) is 14.0 Å². The summed E-state index contributed by atoms with van der Waals surface area (Å²) in [5, 5.41) is 4.89. The number of amides is 1. The lowest BCUT2D eigenvalue weighted by molar-refractivity contribution is -0.142. The number of anilines is 1. The van der Waals surface area contributed by atoms with E-state index in [4.69, 9.17) is 4.74 Å². The highest BCUT2D eigenvalue weighted by Crippen LogP contribution is 2.20. The second-order valence-corrected chi connectivity index (χ2v) is 6.75. The van der Waals surface area contributed by atoms with Crippen molar-refractivity contribution in [2.45, 2.75) is 24.7 Å². The first-order chi connectivity index (χ1) is 11.6. The van der Waals surface area contributed by atoms with Gasteiger partial charge in [-0.1, -0.05) is 0 Å². The third kappa shape index (κ3) is 6.29. The second kappa shape index (κ2) is 9.39. The van der Waals surface area contributed by atoms with E-state index in [1.807, 2.05) is 0 Å². The van der Waals surface area contributed by atoms with Crippen LogP contribution < -0.4 is 5.32 Å². The zero-order valence-electron chi connectivity index (χ0n) is 13.1. The van der Waals surface area contributed by atoms with Gasteiger partial charge in [-0.15, -0.1) is 23.1 Å². The number of hydrogen-bond acceptors (Lipinski definition) is 6. The van der Waals surface area contributed by atoms with Gasteiger partial charge in [0.2, 0.25) is 5.91 Å². The highest BCUT2D eigenvalue weighted by atomic mass is 32.2. The molecule has 0 bridgehead atoms. The van der Waals surface area contributed by atoms with Crippen molar-refractivity contribution in [3.63, 3.8) is 0 Å². The molecule has 0 atom stereocenters. The average Bonchev–Trinajstić information content (AvgIpc) is 2.96. The van der Waals surface area contributed by atoms with Gasteiger partial charge < -0.3 is 10.1 Å². The first-order valence-electron chi connectivity index (χ1n) is 7.35. The van der Waals surface area contributed by atoms with Gasteiger partial charge in [0.15, 0.2) is 5.13 Å². The Balaban J connectivity index is 1.73. The summed E-state index contributed by atoms with van der Waals surface area (Å²) >= 11 is 2.75. The van der Waals surface area contributed by atoms with Crippen LogP contribution >= 0.6 is 23.1 Å². The molecule has 1 aromatic heterocycles. The lowest BCUT2D eigenvalue weighted by atomic mass is 10.3. The average molecular weight is 368 g/mol. The van der Waals surface area contributed by atoms with Crippen LogP contribution in [0.1, 0.15) is 19.0 Å². The fourth-order valence-corrected chi connectivity index (χ4v) is 3.36. The number of ether oxygens (including phenoxy) is 1. The summed E-state index contributed by atoms with van der Waals surface area (Å²) in [5.74, 6) is -0.184. The van der Waals surface area contributed by atoms with Crippen molar-refractivity contribution < 1.29 is 18.7 Å². The van der Waals surface area contributed by atoms with Crippen LogP contribution in [0, 0.1) is 5.82 Å². The summed E-state index contributed by atoms with van der Waals surface area (Å²) < 4.78 is 17.6. The zero-order chi connectivity index (χ0) is 17.4. The largest absolute Gasteiger partial charge is 0.466 e. The van der Waals surface area contributed by atoms with Gasteiger partial charge >= 0.3 is 5.97 Å². The predicted molar refractivity (Wildman–Crippen MR) is 92.8 cm³/mol. The lowest BCUT2D eigenvalue weighted by Crippen LogP contribution is -2.12. The summed E-state index contributed by atoms with van der Waals surface area (Å²) in [6.45, 7) is 2.08. The maximum Gasteiger partial charge on any atom is 0.311 e. The molecule has 5 nitrogen and oxygen atoms in total. The lowest BCUT2D eigenvalue weighted by Gasteiger charge is -2.02. The topological polar surface area (TPSA) is 68.3 Å². The predicted octanol–water partition coefficient (Wildman–Crippen LogP) is 3.51. The number of carbonyl (C=O) groups excluding carboxylic acids is 2. The molecule has 2 rings (SSSR count). The van der Waals surface area contributed by atoms with Crippen LogP contribution in [0.2, 0.25) is 0 Å². The molecule has 1 N–H and O–H groups in total. The van der Waals surface area contributed by atoms with Crippen LogP contribution in [-0.4, -0.2) is 29.2 Å². The molecule has 0 aliphatic heterocycles. The fourth-order valence-electron chi connectivity index (χ4n) is 1.78. The number of nitrogens with zero attached hydrogens (tertiary/aromatic N) is 1. The Hall–Kier alpha value is -1.93. The van der Waals surface area contributed by atoms with Gasteiger partial charge in [-0.3, -0.25) is 9.59 Å². The molecule has 0 aliphatic carbocycles. The van der Waals surface area contributed by atoms with Crippen molar-refractivity contribution in [2.24, 2.45) is 0 Å². The smallest absolute Gasteiger partial charge is 0.311 e. The highest BCUT2D eigenvalue weighted by Gasteiger charge is 2.10. The van der Waals surface area contributed by atoms with Gasteiger partial charge in [-0.2, -0.15) is 0 Å². The van der Waals surface area contributed by atoms with E-state index in [1.54, 1.807) is 24.4 Å². The second-order valence-electron chi connectivity index (χ2n) is 4.73. The molecule has 0 saturated carbocycles. The number of halogens is 1. The molecule has 128 valence electrons. The number of nitrogens with one attached hydrogen (secondary N) is 1. The van der Waals surface area contributed by atoms with Crippen LogP contribution in [0.15, 0.2) is 34.5 Å². The molecule has 0 saturated heterocycles. The molecule has 0 spiro atoms. The van der Waals surface area contributed by atoms with Crippen molar-refractivity contribution in [1.82, 2.24) is 4.98 Å². The molecule has 0 radical (unpaired) electrons. The standard InChI is InChI=1S/C16H17FN2O3S2/c1-2-22-15(21)9-12-10-24-16(18-12)19-14(20)7-8-23-13-5-3-11(17)4-6-13/h3-6,10H,2,7-9H2,1H3,(H,18,19,20). The van der Waals surface area contributed by atoms with Gasteiger partial charge in [0.25, 0.3) is 0 Å². The van der Waals surface area contributed by atoms with E-state index in [-0.39, 0.29) is 24.1 Å². The Morgan fingerprint density at radius 3 is 2.79 bits per heavy atom. The Morgan fingerprint density at radius 2 is 2.08 bits per heavy atom. The number of aromatic nitrogens is 1. The van der Waals surface area contributed by atoms with E-state index in [0.29, 0.717) is 29.6 Å². The van der Waals surface area contributed by atoms with Gasteiger partial charge in [0.1, 0.15) is 5.82 Å². The Bertz CT molecular complexity index is 689. The van der Waals surface area contributed by atoms with E-state index in [2.05, 4.69) is 10.3 Å². The summed E-state index contributed by atoms with van der Waals surface area (Å²) in [7, 11) is 0. The monoisotopic (exact) mass is 368 g/mol. The first-order valence-corrected chi connectivity index (χ1v) is 9.21.